The molecule has 8 heavy (non-hydrogen) atoms. The molecule has 0 heterocycles. The van der Waals surface area contributed by atoms with Crippen LogP contribution >= 0.6 is 22.6 Å². The second-order valence-corrected chi connectivity index (χ2v) is 3.59. The highest BCUT2D eigenvalue weighted by atomic mass is 127. The van der Waals surface area contributed by atoms with Crippen molar-refractivity contribution in [1.82, 2.24) is 4.72 Å². The zero-order valence-corrected chi connectivity index (χ0v) is 7.07. The minimum absolute atomic E-state index is 0.402. The van der Waals surface area contributed by atoms with Crippen LogP contribution in [0.15, 0.2) is 0 Å². The number of alkyl halides is 1. The molecule has 0 spiro atoms. The SMILES string of the molecule is NS(=O)(=O)NCCI. The lowest BCUT2D eigenvalue weighted by molar-refractivity contribution is 0.586. The molecule has 0 aromatic rings. The summed E-state index contributed by atoms with van der Waals surface area (Å²) in [7, 11) is -3.44. The number of nitrogens with two attached hydrogens (primary N) is 1. The lowest BCUT2D eigenvalue weighted by Gasteiger charge is -1.94. The van der Waals surface area contributed by atoms with Crippen molar-refractivity contribution in [2.75, 3.05) is 11.0 Å². The van der Waals surface area contributed by atoms with Crippen LogP contribution in [0.25, 0.3) is 0 Å². The Balaban J connectivity index is 3.42. The Morgan fingerprint density at radius 3 is 2.25 bits per heavy atom. The van der Waals surface area contributed by atoms with Gasteiger partial charge in [-0.25, -0.2) is 9.86 Å². The van der Waals surface area contributed by atoms with Gasteiger partial charge in [-0.05, 0) is 0 Å². The molecule has 0 unspecified atom stereocenters. The summed E-state index contributed by atoms with van der Waals surface area (Å²) in [6, 6.07) is 0. The average Bonchev–Trinajstić information content (AvgIpc) is 1.59. The first-order chi connectivity index (χ1) is 3.56. The van der Waals surface area contributed by atoms with Crippen LogP contribution in [-0.2, 0) is 10.2 Å². The number of nitrogens with one attached hydrogen (secondary N) is 1. The highest BCUT2D eigenvalue weighted by Gasteiger charge is 1.95. The van der Waals surface area contributed by atoms with E-state index < -0.39 is 10.2 Å². The molecule has 0 saturated heterocycles. The van der Waals surface area contributed by atoms with Gasteiger partial charge < -0.3 is 0 Å². The van der Waals surface area contributed by atoms with Gasteiger partial charge >= 0.3 is 0 Å². The van der Waals surface area contributed by atoms with Crippen LogP contribution in [0.3, 0.4) is 0 Å². The van der Waals surface area contributed by atoms with Gasteiger partial charge in [0.05, 0.1) is 0 Å². The molecule has 0 saturated carbocycles. The number of hydrogen-bond donors (Lipinski definition) is 2. The smallest absolute Gasteiger partial charge is 0.216 e. The molecule has 0 aromatic carbocycles. The van der Waals surface area contributed by atoms with Crippen molar-refractivity contribution in [3.05, 3.63) is 0 Å². The van der Waals surface area contributed by atoms with E-state index in [2.05, 4.69) is 9.86 Å². The van der Waals surface area contributed by atoms with Gasteiger partial charge in [-0.3, -0.25) is 0 Å². The van der Waals surface area contributed by atoms with Crippen LogP contribution < -0.4 is 9.86 Å². The van der Waals surface area contributed by atoms with Crippen molar-refractivity contribution >= 4 is 32.8 Å². The van der Waals surface area contributed by atoms with Gasteiger partial charge in [0.15, 0.2) is 0 Å². The van der Waals surface area contributed by atoms with Crippen LogP contribution in [0.1, 0.15) is 0 Å². The fraction of sp³-hybridized carbons (Fsp3) is 1.00. The highest BCUT2D eigenvalue weighted by Crippen LogP contribution is 1.76. The van der Waals surface area contributed by atoms with E-state index in [0.29, 0.717) is 6.54 Å². The standard InChI is InChI=1S/C2H7IN2O2S/c3-1-2-5-8(4,6)7/h5H,1-2H2,(H2,4,6,7). The molecule has 0 bridgehead atoms. The van der Waals surface area contributed by atoms with Crippen LogP contribution in [-0.4, -0.2) is 19.4 Å². The molecule has 6 heteroatoms. The maximum absolute atomic E-state index is 10.1. The van der Waals surface area contributed by atoms with Gasteiger partial charge in [-0.2, -0.15) is 8.42 Å². The van der Waals surface area contributed by atoms with Crippen LogP contribution in [0, 0.1) is 0 Å². The highest BCUT2D eigenvalue weighted by molar-refractivity contribution is 14.1. The minimum Gasteiger partial charge on any atom is -0.216 e. The first-order valence-corrected chi connectivity index (χ1v) is 4.97. The topological polar surface area (TPSA) is 72.2 Å². The lowest BCUT2D eigenvalue weighted by atomic mass is 10.8. The van der Waals surface area contributed by atoms with E-state index in [4.69, 9.17) is 0 Å². The molecule has 0 radical (unpaired) electrons. The summed E-state index contributed by atoms with van der Waals surface area (Å²) in [5.74, 6) is 0. The third-order valence-electron chi connectivity index (χ3n) is 0.398. The molecule has 0 aliphatic rings. The van der Waals surface area contributed by atoms with Crippen molar-refractivity contribution in [2.24, 2.45) is 5.14 Å². The number of halogens is 1. The zero-order chi connectivity index (χ0) is 6.62. The normalized spacial score (nSPS) is 11.8. The maximum atomic E-state index is 10.1. The van der Waals surface area contributed by atoms with Gasteiger partial charge in [0.25, 0.3) is 10.2 Å². The average molecular weight is 250 g/mol. The monoisotopic (exact) mass is 250 g/mol. The van der Waals surface area contributed by atoms with E-state index in [1.165, 1.54) is 0 Å². The molecule has 0 aliphatic carbocycles. The van der Waals surface area contributed by atoms with E-state index in [0.717, 1.165) is 4.43 Å². The first kappa shape index (κ1) is 8.60. The predicted octanol–water partition coefficient (Wildman–Crippen LogP) is -0.785. The van der Waals surface area contributed by atoms with Crippen LogP contribution in [0.2, 0.25) is 0 Å². The Morgan fingerprint density at radius 1 is 1.62 bits per heavy atom. The summed E-state index contributed by atoms with van der Waals surface area (Å²) < 4.78 is 23.0. The maximum Gasteiger partial charge on any atom is 0.274 e. The fourth-order valence-electron chi connectivity index (χ4n) is 0.181. The van der Waals surface area contributed by atoms with Gasteiger partial charge in [0.2, 0.25) is 0 Å². The summed E-state index contributed by atoms with van der Waals surface area (Å²) in [6.45, 7) is 0.402. The largest absolute Gasteiger partial charge is 0.274 e. The molecule has 3 N–H and O–H groups in total. The summed E-state index contributed by atoms with van der Waals surface area (Å²) in [4.78, 5) is 0. The lowest BCUT2D eigenvalue weighted by Crippen LogP contribution is -2.31. The van der Waals surface area contributed by atoms with Gasteiger partial charge in [-0.15, -0.1) is 0 Å². The Kier molecular flexibility index (Phi) is 3.86. The molecule has 0 amide bonds. The Hall–Kier alpha value is 0.600. The van der Waals surface area contributed by atoms with Crippen LogP contribution in [0.4, 0.5) is 0 Å². The molecular weight excluding hydrogens is 243 g/mol. The summed E-state index contributed by atoms with van der Waals surface area (Å²) in [5, 5.41) is 4.58. The molecule has 50 valence electrons. The Labute approximate surface area is 62.2 Å². The third kappa shape index (κ3) is 6.60. The van der Waals surface area contributed by atoms with E-state index >= 15 is 0 Å². The summed E-state index contributed by atoms with van der Waals surface area (Å²) >= 11 is 2.04. The molecular formula is C2H7IN2O2S. The van der Waals surface area contributed by atoms with Crippen molar-refractivity contribution in [3.8, 4) is 0 Å². The van der Waals surface area contributed by atoms with E-state index in [9.17, 15) is 8.42 Å². The second kappa shape index (κ2) is 3.59. The van der Waals surface area contributed by atoms with Crippen LogP contribution in [0.5, 0.6) is 0 Å². The number of hydrogen-bond acceptors (Lipinski definition) is 2. The summed E-state index contributed by atoms with van der Waals surface area (Å²) in [5.41, 5.74) is 0. The summed E-state index contributed by atoms with van der Waals surface area (Å²) in [6.07, 6.45) is 0. The fourth-order valence-corrected chi connectivity index (χ4v) is 1.20. The van der Waals surface area contributed by atoms with Crippen molar-refractivity contribution in [2.45, 2.75) is 0 Å². The molecule has 4 nitrogen and oxygen atoms in total. The third-order valence-corrected chi connectivity index (χ3v) is 1.54. The molecule has 0 aromatic heterocycles. The number of rotatable bonds is 3. The predicted molar refractivity (Wildman–Crippen MR) is 40.0 cm³/mol. The molecule has 0 fully saturated rings. The van der Waals surface area contributed by atoms with Gasteiger partial charge in [0, 0.05) is 11.0 Å². The van der Waals surface area contributed by atoms with E-state index in [-0.39, 0.29) is 0 Å². The Bertz CT molecular complexity index is 142. The first-order valence-electron chi connectivity index (χ1n) is 1.89. The quantitative estimate of drug-likeness (QED) is 0.509. The minimum atomic E-state index is -3.44. The zero-order valence-electron chi connectivity index (χ0n) is 4.09. The van der Waals surface area contributed by atoms with Crippen molar-refractivity contribution in [1.29, 1.82) is 0 Å². The Morgan fingerprint density at radius 2 is 2.12 bits per heavy atom. The van der Waals surface area contributed by atoms with Crippen molar-refractivity contribution < 1.29 is 8.42 Å². The van der Waals surface area contributed by atoms with Crippen molar-refractivity contribution in [3.63, 3.8) is 0 Å². The van der Waals surface area contributed by atoms with E-state index in [1.54, 1.807) is 0 Å². The molecule has 0 rings (SSSR count). The molecule has 0 aliphatic heterocycles. The van der Waals surface area contributed by atoms with Gasteiger partial charge in [0.1, 0.15) is 0 Å². The second-order valence-electron chi connectivity index (χ2n) is 1.13. The van der Waals surface area contributed by atoms with E-state index in [1.807, 2.05) is 22.6 Å². The van der Waals surface area contributed by atoms with Gasteiger partial charge in [-0.1, -0.05) is 22.6 Å². The molecule has 0 atom stereocenters.